The molecule has 1 N–H and O–H groups in total. The predicted molar refractivity (Wildman–Crippen MR) is 71.8 cm³/mol. The lowest BCUT2D eigenvalue weighted by molar-refractivity contribution is 0.389. The van der Waals surface area contributed by atoms with Gasteiger partial charge in [-0.2, -0.15) is 0 Å². The summed E-state index contributed by atoms with van der Waals surface area (Å²) >= 11 is 0. The molecule has 1 rings (SSSR count). The molecule has 1 heteroatoms. The highest BCUT2D eigenvalue weighted by Crippen LogP contribution is 2.22. The van der Waals surface area contributed by atoms with Gasteiger partial charge >= 0.3 is 0 Å². The van der Waals surface area contributed by atoms with Crippen LogP contribution in [0.25, 0.3) is 0 Å². The largest absolute Gasteiger partial charge is 0.311 e. The molecule has 2 unspecified atom stereocenters. The van der Waals surface area contributed by atoms with Gasteiger partial charge < -0.3 is 5.32 Å². The zero-order valence-electron chi connectivity index (χ0n) is 11.0. The summed E-state index contributed by atoms with van der Waals surface area (Å²) in [6.45, 7) is 9.03. The normalized spacial score (nSPS) is 15.1. The molecule has 0 aromatic heterocycles. The Morgan fingerprint density at radius 3 is 2.19 bits per heavy atom. The lowest BCUT2D eigenvalue weighted by atomic mass is 9.90. The molecule has 0 aliphatic carbocycles. The molecule has 0 aliphatic heterocycles. The van der Waals surface area contributed by atoms with Gasteiger partial charge in [-0.25, -0.2) is 0 Å². The zero-order valence-corrected chi connectivity index (χ0v) is 11.0. The van der Waals surface area contributed by atoms with Crippen LogP contribution in [0.15, 0.2) is 30.3 Å². The van der Waals surface area contributed by atoms with Crippen molar-refractivity contribution in [1.29, 1.82) is 0 Å². The van der Waals surface area contributed by atoms with E-state index in [9.17, 15) is 0 Å². The first-order valence-corrected chi connectivity index (χ1v) is 6.46. The van der Waals surface area contributed by atoms with Gasteiger partial charge in [-0.1, -0.05) is 64.4 Å². The number of rotatable bonds is 6. The van der Waals surface area contributed by atoms with Gasteiger partial charge in [0.25, 0.3) is 0 Å². The fourth-order valence-corrected chi connectivity index (χ4v) is 2.21. The number of nitrogens with one attached hydrogen (secondary N) is 1. The highest BCUT2D eigenvalue weighted by atomic mass is 14.9. The molecule has 0 bridgehead atoms. The SMILES string of the molecule is CCCC(NC(C)C)C(C)c1ccccc1. The van der Waals surface area contributed by atoms with Gasteiger partial charge in [0.1, 0.15) is 0 Å². The summed E-state index contributed by atoms with van der Waals surface area (Å²) in [5, 5.41) is 3.68. The van der Waals surface area contributed by atoms with Gasteiger partial charge in [-0.3, -0.25) is 0 Å². The van der Waals surface area contributed by atoms with Crippen LogP contribution in [0.3, 0.4) is 0 Å². The molecule has 1 aromatic rings. The number of hydrogen-bond donors (Lipinski definition) is 1. The van der Waals surface area contributed by atoms with Crippen molar-refractivity contribution in [2.24, 2.45) is 0 Å². The fraction of sp³-hybridized carbons (Fsp3) is 0.600. The van der Waals surface area contributed by atoms with Crippen molar-refractivity contribution in [1.82, 2.24) is 5.32 Å². The van der Waals surface area contributed by atoms with E-state index in [-0.39, 0.29) is 0 Å². The van der Waals surface area contributed by atoms with Crippen LogP contribution in [-0.2, 0) is 0 Å². The minimum absolute atomic E-state index is 0.558. The first-order valence-electron chi connectivity index (χ1n) is 6.46. The molecule has 0 saturated carbocycles. The summed E-state index contributed by atoms with van der Waals surface area (Å²) < 4.78 is 0. The average molecular weight is 219 g/mol. The van der Waals surface area contributed by atoms with E-state index < -0.39 is 0 Å². The monoisotopic (exact) mass is 219 g/mol. The van der Waals surface area contributed by atoms with Crippen LogP contribution < -0.4 is 5.32 Å². The molecule has 1 nitrogen and oxygen atoms in total. The Bertz CT molecular complexity index is 279. The Labute approximate surface area is 100 Å². The first kappa shape index (κ1) is 13.2. The summed E-state index contributed by atoms with van der Waals surface area (Å²) in [7, 11) is 0. The van der Waals surface area contributed by atoms with Crippen molar-refractivity contribution in [3.05, 3.63) is 35.9 Å². The Balaban J connectivity index is 2.70. The van der Waals surface area contributed by atoms with E-state index in [2.05, 4.69) is 63.3 Å². The topological polar surface area (TPSA) is 12.0 Å². The Morgan fingerprint density at radius 2 is 1.69 bits per heavy atom. The minimum atomic E-state index is 0.558. The minimum Gasteiger partial charge on any atom is -0.311 e. The highest BCUT2D eigenvalue weighted by molar-refractivity contribution is 5.20. The van der Waals surface area contributed by atoms with Crippen LogP contribution in [0.5, 0.6) is 0 Å². The maximum Gasteiger partial charge on any atom is 0.0135 e. The van der Waals surface area contributed by atoms with Crippen molar-refractivity contribution < 1.29 is 0 Å². The average Bonchev–Trinajstić information content (AvgIpc) is 2.28. The van der Waals surface area contributed by atoms with Crippen LogP contribution in [-0.4, -0.2) is 12.1 Å². The van der Waals surface area contributed by atoms with Crippen LogP contribution in [0.2, 0.25) is 0 Å². The van der Waals surface area contributed by atoms with Crippen molar-refractivity contribution in [3.8, 4) is 0 Å². The molecule has 0 spiro atoms. The number of hydrogen-bond acceptors (Lipinski definition) is 1. The second-order valence-electron chi connectivity index (χ2n) is 4.92. The molecule has 16 heavy (non-hydrogen) atoms. The summed E-state index contributed by atoms with van der Waals surface area (Å²) in [6, 6.07) is 12.0. The van der Waals surface area contributed by atoms with Crippen molar-refractivity contribution >= 4 is 0 Å². The van der Waals surface area contributed by atoms with Crippen LogP contribution in [0, 0.1) is 0 Å². The van der Waals surface area contributed by atoms with Gasteiger partial charge in [0, 0.05) is 12.1 Å². The second-order valence-corrected chi connectivity index (χ2v) is 4.92. The summed E-state index contributed by atoms with van der Waals surface area (Å²) in [5.74, 6) is 0.587. The molecular formula is C15H25N. The summed E-state index contributed by atoms with van der Waals surface area (Å²) in [5.41, 5.74) is 1.44. The molecule has 0 heterocycles. The third-order valence-corrected chi connectivity index (χ3v) is 3.08. The smallest absolute Gasteiger partial charge is 0.0135 e. The van der Waals surface area contributed by atoms with Gasteiger partial charge in [0.05, 0.1) is 0 Å². The Morgan fingerprint density at radius 1 is 1.06 bits per heavy atom. The third-order valence-electron chi connectivity index (χ3n) is 3.08. The molecule has 0 fully saturated rings. The molecule has 0 radical (unpaired) electrons. The lowest BCUT2D eigenvalue weighted by Gasteiger charge is -2.27. The highest BCUT2D eigenvalue weighted by Gasteiger charge is 2.18. The molecule has 2 atom stereocenters. The van der Waals surface area contributed by atoms with Crippen LogP contribution >= 0.6 is 0 Å². The van der Waals surface area contributed by atoms with E-state index in [1.165, 1.54) is 18.4 Å². The Hall–Kier alpha value is -0.820. The van der Waals surface area contributed by atoms with E-state index in [4.69, 9.17) is 0 Å². The van der Waals surface area contributed by atoms with Crippen LogP contribution in [0.4, 0.5) is 0 Å². The molecule has 90 valence electrons. The summed E-state index contributed by atoms with van der Waals surface area (Å²) in [6.07, 6.45) is 2.48. The van der Waals surface area contributed by atoms with Crippen molar-refractivity contribution in [2.45, 2.75) is 58.5 Å². The molecule has 0 aliphatic rings. The maximum atomic E-state index is 3.68. The van der Waals surface area contributed by atoms with Crippen molar-refractivity contribution in [3.63, 3.8) is 0 Å². The molecular weight excluding hydrogens is 194 g/mol. The van der Waals surface area contributed by atoms with E-state index >= 15 is 0 Å². The molecule has 0 saturated heterocycles. The van der Waals surface area contributed by atoms with E-state index in [1.807, 2.05) is 0 Å². The fourth-order valence-electron chi connectivity index (χ4n) is 2.21. The van der Waals surface area contributed by atoms with Gasteiger partial charge in [-0.05, 0) is 17.9 Å². The van der Waals surface area contributed by atoms with Gasteiger partial charge in [-0.15, -0.1) is 0 Å². The van der Waals surface area contributed by atoms with Crippen LogP contribution in [0.1, 0.15) is 52.0 Å². The third kappa shape index (κ3) is 3.97. The molecule has 0 amide bonds. The lowest BCUT2D eigenvalue weighted by Crippen LogP contribution is -2.38. The standard InChI is InChI=1S/C15H25N/c1-5-9-15(16-12(2)3)13(4)14-10-7-6-8-11-14/h6-8,10-13,15-16H,5,9H2,1-4H3. The second kappa shape index (κ2) is 6.70. The predicted octanol–water partition coefficient (Wildman–Crippen LogP) is 3.96. The zero-order chi connectivity index (χ0) is 12.0. The van der Waals surface area contributed by atoms with Gasteiger partial charge in [0.2, 0.25) is 0 Å². The quantitative estimate of drug-likeness (QED) is 0.763. The first-order chi connectivity index (χ1) is 7.65. The molecule has 1 aromatic carbocycles. The van der Waals surface area contributed by atoms with Gasteiger partial charge in [0.15, 0.2) is 0 Å². The van der Waals surface area contributed by atoms with E-state index in [1.54, 1.807) is 0 Å². The maximum absolute atomic E-state index is 3.68. The van der Waals surface area contributed by atoms with E-state index in [0.717, 1.165) is 0 Å². The Kier molecular flexibility index (Phi) is 5.54. The van der Waals surface area contributed by atoms with Crippen molar-refractivity contribution in [2.75, 3.05) is 0 Å². The van der Waals surface area contributed by atoms with E-state index in [0.29, 0.717) is 18.0 Å². The summed E-state index contributed by atoms with van der Waals surface area (Å²) in [4.78, 5) is 0. The number of benzene rings is 1.